The van der Waals surface area contributed by atoms with Gasteiger partial charge in [-0.15, -0.1) is 0 Å². The molecule has 0 bridgehead atoms. The van der Waals surface area contributed by atoms with Crippen LogP contribution in [0.1, 0.15) is 16.7 Å². The van der Waals surface area contributed by atoms with Crippen LogP contribution in [0.25, 0.3) is 16.6 Å². The summed E-state index contributed by atoms with van der Waals surface area (Å²) in [5.41, 5.74) is 3.73. The van der Waals surface area contributed by atoms with Gasteiger partial charge >= 0.3 is 5.97 Å². The molecule has 9 nitrogen and oxygen atoms in total. The summed E-state index contributed by atoms with van der Waals surface area (Å²) in [6.45, 7) is 0.0816. The highest BCUT2D eigenvalue weighted by atomic mass is 32.1. The van der Waals surface area contributed by atoms with E-state index in [0.29, 0.717) is 45.2 Å². The quantitative estimate of drug-likeness (QED) is 0.392. The third-order valence-electron chi connectivity index (χ3n) is 6.29. The SMILES string of the molecule is COc1ccc(CC2=C(c3ccc4nsnc4c3)C(=O)OC2(O)c2ccc3c(c2)OCO3)cc1OC. The first kappa shape index (κ1) is 22.3. The summed E-state index contributed by atoms with van der Waals surface area (Å²) in [6.07, 6.45) is 0.194. The molecule has 1 atom stereocenters. The molecule has 1 N–H and O–H groups in total. The number of carbonyl (C=O) groups is 1. The van der Waals surface area contributed by atoms with Crippen molar-refractivity contribution < 1.29 is 33.6 Å². The van der Waals surface area contributed by atoms with Crippen LogP contribution < -0.4 is 18.9 Å². The van der Waals surface area contributed by atoms with Crippen molar-refractivity contribution in [1.29, 1.82) is 0 Å². The number of hydrogen-bond acceptors (Lipinski definition) is 10. The van der Waals surface area contributed by atoms with Crippen LogP contribution in [0.2, 0.25) is 0 Å². The van der Waals surface area contributed by atoms with Crippen molar-refractivity contribution in [2.24, 2.45) is 0 Å². The Bertz CT molecular complexity index is 1550. The lowest BCUT2D eigenvalue weighted by Gasteiger charge is -2.26. The van der Waals surface area contributed by atoms with Crippen LogP contribution in [-0.4, -0.2) is 40.8 Å². The number of carbonyl (C=O) groups excluding carboxylic acids is 1. The Hall–Kier alpha value is -4.15. The minimum Gasteiger partial charge on any atom is -0.493 e. The molecule has 0 aliphatic carbocycles. The molecular formula is C26H20N2O7S. The van der Waals surface area contributed by atoms with E-state index in [1.165, 1.54) is 0 Å². The summed E-state index contributed by atoms with van der Waals surface area (Å²) in [7, 11) is 3.11. The zero-order chi connectivity index (χ0) is 24.9. The second-order valence-corrected chi connectivity index (χ2v) is 8.82. The molecule has 0 saturated carbocycles. The van der Waals surface area contributed by atoms with Crippen LogP contribution in [0.15, 0.2) is 60.2 Å². The van der Waals surface area contributed by atoms with Crippen LogP contribution in [0.5, 0.6) is 23.0 Å². The second-order valence-electron chi connectivity index (χ2n) is 8.29. The van der Waals surface area contributed by atoms with Gasteiger partial charge < -0.3 is 28.8 Å². The van der Waals surface area contributed by atoms with Crippen LogP contribution in [0, 0.1) is 0 Å². The summed E-state index contributed by atoms with van der Waals surface area (Å²) in [5.74, 6) is -0.556. The van der Waals surface area contributed by atoms with E-state index >= 15 is 0 Å². The Morgan fingerprint density at radius 3 is 2.58 bits per heavy atom. The first-order chi connectivity index (χ1) is 17.5. The predicted molar refractivity (Wildman–Crippen MR) is 130 cm³/mol. The maximum absolute atomic E-state index is 13.3. The minimum absolute atomic E-state index is 0.0816. The van der Waals surface area contributed by atoms with Gasteiger partial charge in [0, 0.05) is 17.6 Å². The molecule has 0 radical (unpaired) electrons. The van der Waals surface area contributed by atoms with Gasteiger partial charge in [-0.3, -0.25) is 0 Å². The lowest BCUT2D eigenvalue weighted by Crippen LogP contribution is -2.29. The number of aliphatic hydroxyl groups is 1. The Labute approximate surface area is 209 Å². The maximum atomic E-state index is 13.3. The van der Waals surface area contributed by atoms with Gasteiger partial charge in [-0.05, 0) is 53.6 Å². The van der Waals surface area contributed by atoms with E-state index in [0.717, 1.165) is 22.8 Å². The van der Waals surface area contributed by atoms with Crippen LogP contribution in [0.4, 0.5) is 0 Å². The first-order valence-electron chi connectivity index (χ1n) is 11.0. The van der Waals surface area contributed by atoms with E-state index in [9.17, 15) is 9.90 Å². The molecule has 0 amide bonds. The number of ether oxygens (including phenoxy) is 5. The smallest absolute Gasteiger partial charge is 0.342 e. The van der Waals surface area contributed by atoms with Crippen molar-refractivity contribution in [2.75, 3.05) is 21.0 Å². The molecule has 0 fully saturated rings. The fourth-order valence-corrected chi connectivity index (χ4v) is 5.03. The van der Waals surface area contributed by atoms with Gasteiger partial charge in [-0.2, -0.15) is 8.75 Å². The number of rotatable bonds is 6. The monoisotopic (exact) mass is 504 g/mol. The van der Waals surface area contributed by atoms with E-state index in [1.54, 1.807) is 62.8 Å². The van der Waals surface area contributed by atoms with Gasteiger partial charge in [0.25, 0.3) is 5.79 Å². The summed E-state index contributed by atoms with van der Waals surface area (Å²) in [6, 6.07) is 15.7. The van der Waals surface area contributed by atoms with Crippen molar-refractivity contribution in [3.05, 3.63) is 76.9 Å². The number of fused-ring (bicyclic) bond motifs is 2. The van der Waals surface area contributed by atoms with Crippen LogP contribution >= 0.6 is 11.7 Å². The molecule has 6 rings (SSSR count). The lowest BCUT2D eigenvalue weighted by molar-refractivity contribution is -0.185. The topological polar surface area (TPSA) is 109 Å². The fraction of sp³-hybridized carbons (Fsp3) is 0.192. The van der Waals surface area contributed by atoms with Crippen molar-refractivity contribution in [3.63, 3.8) is 0 Å². The average molecular weight is 505 g/mol. The lowest BCUT2D eigenvalue weighted by atomic mass is 9.87. The zero-order valence-electron chi connectivity index (χ0n) is 19.3. The first-order valence-corrected chi connectivity index (χ1v) is 11.8. The van der Waals surface area contributed by atoms with Crippen LogP contribution in [-0.2, 0) is 21.7 Å². The fourth-order valence-electron chi connectivity index (χ4n) is 4.51. The van der Waals surface area contributed by atoms with Gasteiger partial charge in [0.15, 0.2) is 23.0 Å². The Morgan fingerprint density at radius 1 is 0.944 bits per heavy atom. The molecule has 36 heavy (non-hydrogen) atoms. The average Bonchev–Trinajstić information content (AvgIpc) is 3.61. The van der Waals surface area contributed by atoms with E-state index < -0.39 is 11.8 Å². The van der Waals surface area contributed by atoms with Crippen molar-refractivity contribution >= 4 is 34.3 Å². The highest BCUT2D eigenvalue weighted by Gasteiger charge is 2.48. The van der Waals surface area contributed by atoms with Crippen LogP contribution in [0.3, 0.4) is 0 Å². The highest BCUT2D eigenvalue weighted by Crippen LogP contribution is 2.47. The number of hydrogen-bond donors (Lipinski definition) is 1. The van der Waals surface area contributed by atoms with Crippen molar-refractivity contribution in [2.45, 2.75) is 12.2 Å². The van der Waals surface area contributed by atoms with Gasteiger partial charge in [0.2, 0.25) is 6.79 Å². The maximum Gasteiger partial charge on any atom is 0.342 e. The van der Waals surface area contributed by atoms with Gasteiger partial charge in [0.05, 0.1) is 31.5 Å². The Kier molecular flexibility index (Phi) is 5.27. The highest BCUT2D eigenvalue weighted by molar-refractivity contribution is 7.00. The zero-order valence-corrected chi connectivity index (χ0v) is 20.1. The molecule has 182 valence electrons. The second kappa shape index (κ2) is 8.51. The van der Waals surface area contributed by atoms with E-state index in [1.807, 2.05) is 6.07 Å². The molecule has 10 heteroatoms. The standard InChI is InChI=1S/C26H20N2O7S/c1-31-20-7-3-14(10-22(20)32-2)9-17-24(15-4-6-18-19(11-15)28-36-27-18)25(29)35-26(17,30)16-5-8-21-23(12-16)34-13-33-21/h3-8,10-12,30H,9,13H2,1-2H3. The summed E-state index contributed by atoms with van der Waals surface area (Å²) in [4.78, 5) is 13.3. The molecule has 3 heterocycles. The van der Waals surface area contributed by atoms with Gasteiger partial charge in [-0.1, -0.05) is 12.1 Å². The van der Waals surface area contributed by atoms with E-state index in [-0.39, 0.29) is 18.8 Å². The Morgan fingerprint density at radius 2 is 1.75 bits per heavy atom. The van der Waals surface area contributed by atoms with E-state index in [2.05, 4.69) is 8.75 Å². The molecule has 2 aliphatic rings. The third-order valence-corrected chi connectivity index (χ3v) is 6.85. The van der Waals surface area contributed by atoms with Gasteiger partial charge in [-0.25, -0.2) is 4.79 Å². The number of aromatic nitrogens is 2. The molecule has 1 unspecified atom stereocenters. The third kappa shape index (κ3) is 3.53. The number of esters is 1. The van der Waals surface area contributed by atoms with Crippen molar-refractivity contribution in [1.82, 2.24) is 8.75 Å². The predicted octanol–water partition coefficient (Wildman–Crippen LogP) is 3.84. The molecular weight excluding hydrogens is 484 g/mol. The summed E-state index contributed by atoms with van der Waals surface area (Å²) in [5, 5.41) is 11.9. The molecule has 0 saturated heterocycles. The van der Waals surface area contributed by atoms with E-state index in [4.69, 9.17) is 23.7 Å². The summed E-state index contributed by atoms with van der Waals surface area (Å²) >= 11 is 1.09. The normalized spacial score (nSPS) is 18.6. The minimum atomic E-state index is -2.03. The summed E-state index contributed by atoms with van der Waals surface area (Å²) < 4.78 is 35.9. The largest absolute Gasteiger partial charge is 0.493 e. The number of nitrogens with zero attached hydrogens (tertiary/aromatic N) is 2. The van der Waals surface area contributed by atoms with Crippen molar-refractivity contribution in [3.8, 4) is 23.0 Å². The molecule has 4 aromatic rings. The number of benzene rings is 3. The molecule has 3 aromatic carbocycles. The molecule has 2 aliphatic heterocycles. The van der Waals surface area contributed by atoms with Gasteiger partial charge in [0.1, 0.15) is 11.0 Å². The number of cyclic esters (lactones) is 1. The molecule has 0 spiro atoms. The Balaban J connectivity index is 1.53. The molecule has 1 aromatic heterocycles. The number of methoxy groups -OCH3 is 2.